The maximum absolute atomic E-state index is 12.7. The highest BCUT2D eigenvalue weighted by atomic mass is 16.5. The van der Waals surface area contributed by atoms with Crippen LogP contribution in [0.2, 0.25) is 0 Å². The van der Waals surface area contributed by atoms with E-state index in [0.29, 0.717) is 46.6 Å². The van der Waals surface area contributed by atoms with Crippen molar-refractivity contribution in [1.82, 2.24) is 15.0 Å². The molecule has 0 fully saturated rings. The van der Waals surface area contributed by atoms with Crippen LogP contribution < -0.4 is 20.5 Å². The molecule has 1 heterocycles. The predicted molar refractivity (Wildman–Crippen MR) is 132 cm³/mol. The summed E-state index contributed by atoms with van der Waals surface area (Å²) in [7, 11) is 3.10. The van der Waals surface area contributed by atoms with Gasteiger partial charge in [-0.15, -0.1) is 0 Å². The number of amides is 3. The lowest BCUT2D eigenvalue weighted by Gasteiger charge is -2.20. The van der Waals surface area contributed by atoms with Crippen molar-refractivity contribution in [2.75, 3.05) is 32.6 Å². The van der Waals surface area contributed by atoms with Gasteiger partial charge in [-0.25, -0.2) is 0 Å². The van der Waals surface area contributed by atoms with Gasteiger partial charge in [0.1, 0.15) is 0 Å². The number of carbonyl (C=O) groups excluding carboxylic acids is 3. The average Bonchev–Trinajstić information content (AvgIpc) is 3.36. The van der Waals surface area contributed by atoms with Crippen molar-refractivity contribution in [1.29, 1.82) is 0 Å². The Labute approximate surface area is 208 Å². The smallest absolute Gasteiger partial charge is 0.248 e. The van der Waals surface area contributed by atoms with Crippen LogP contribution in [0.3, 0.4) is 0 Å². The number of nitrogens with two attached hydrogens (primary N) is 1. The van der Waals surface area contributed by atoms with E-state index >= 15 is 0 Å². The topological polar surface area (TPSA) is 150 Å². The lowest BCUT2D eigenvalue weighted by molar-refractivity contribution is -0.131. The van der Waals surface area contributed by atoms with Crippen LogP contribution in [0.25, 0.3) is 11.4 Å². The van der Waals surface area contributed by atoms with Crippen molar-refractivity contribution in [3.8, 4) is 22.9 Å². The first-order chi connectivity index (χ1) is 17.3. The molecule has 0 aliphatic carbocycles. The fraction of sp³-hybridized carbons (Fsp3) is 0.320. The molecule has 2 aromatic carbocycles. The van der Waals surface area contributed by atoms with E-state index in [-0.39, 0.29) is 37.6 Å². The lowest BCUT2D eigenvalue weighted by Crippen LogP contribution is -2.33. The van der Waals surface area contributed by atoms with Gasteiger partial charge < -0.3 is 29.9 Å². The summed E-state index contributed by atoms with van der Waals surface area (Å²) in [6.07, 6.45) is 0.562. The Morgan fingerprint density at radius 1 is 1.03 bits per heavy atom. The molecule has 190 valence electrons. The molecule has 0 spiro atoms. The molecule has 1 aromatic heterocycles. The van der Waals surface area contributed by atoms with Gasteiger partial charge in [0.05, 0.1) is 14.2 Å². The number of aromatic nitrogens is 2. The molecule has 3 aromatic rings. The van der Waals surface area contributed by atoms with Crippen LogP contribution in [0, 0.1) is 0 Å². The molecule has 0 saturated carbocycles. The first kappa shape index (κ1) is 26.2. The third kappa shape index (κ3) is 6.81. The third-order valence-corrected chi connectivity index (χ3v) is 5.46. The predicted octanol–water partition coefficient (Wildman–Crippen LogP) is 2.66. The molecule has 3 rings (SSSR count). The largest absolute Gasteiger partial charge is 0.493 e. The van der Waals surface area contributed by atoms with E-state index in [1.807, 2.05) is 6.92 Å². The fourth-order valence-electron chi connectivity index (χ4n) is 3.46. The molecule has 0 aliphatic rings. The van der Waals surface area contributed by atoms with Gasteiger partial charge in [-0.2, -0.15) is 4.98 Å². The maximum Gasteiger partial charge on any atom is 0.248 e. The monoisotopic (exact) mass is 495 g/mol. The van der Waals surface area contributed by atoms with E-state index in [1.165, 1.54) is 12.1 Å². The number of primary amides is 1. The number of benzene rings is 2. The Morgan fingerprint density at radius 2 is 1.75 bits per heavy atom. The Bertz CT molecular complexity index is 1210. The molecule has 0 bridgehead atoms. The summed E-state index contributed by atoms with van der Waals surface area (Å²) in [5.74, 6) is 0.938. The molecular formula is C25H29N5O6. The van der Waals surface area contributed by atoms with Crippen LogP contribution in [0.15, 0.2) is 47.0 Å². The summed E-state index contributed by atoms with van der Waals surface area (Å²) in [6, 6.07) is 11.6. The molecule has 11 nitrogen and oxygen atoms in total. The second-order valence-electron chi connectivity index (χ2n) is 7.79. The van der Waals surface area contributed by atoms with E-state index < -0.39 is 5.91 Å². The number of anilines is 1. The van der Waals surface area contributed by atoms with Crippen LogP contribution in [-0.4, -0.2) is 60.1 Å². The number of hydrogen-bond donors (Lipinski definition) is 2. The Kier molecular flexibility index (Phi) is 8.98. The number of methoxy groups -OCH3 is 2. The van der Waals surface area contributed by atoms with Gasteiger partial charge in [0, 0.05) is 49.2 Å². The summed E-state index contributed by atoms with van der Waals surface area (Å²) < 4.78 is 15.8. The first-order valence-corrected chi connectivity index (χ1v) is 11.4. The zero-order chi connectivity index (χ0) is 26.1. The molecule has 0 aliphatic heterocycles. The highest BCUT2D eigenvalue weighted by Gasteiger charge is 2.17. The Morgan fingerprint density at radius 3 is 2.39 bits per heavy atom. The highest BCUT2D eigenvalue weighted by molar-refractivity contribution is 5.95. The molecule has 11 heteroatoms. The molecule has 0 unspecified atom stereocenters. The Hall–Kier alpha value is -4.41. The van der Waals surface area contributed by atoms with E-state index in [0.717, 1.165) is 0 Å². The number of nitrogens with one attached hydrogen (secondary N) is 1. The van der Waals surface area contributed by atoms with Gasteiger partial charge in [-0.3, -0.25) is 14.4 Å². The highest BCUT2D eigenvalue weighted by Crippen LogP contribution is 2.31. The summed E-state index contributed by atoms with van der Waals surface area (Å²) in [5, 5.41) is 6.73. The first-order valence-electron chi connectivity index (χ1n) is 11.4. The van der Waals surface area contributed by atoms with Crippen molar-refractivity contribution in [2.24, 2.45) is 5.73 Å². The normalized spacial score (nSPS) is 10.5. The van der Waals surface area contributed by atoms with Crippen molar-refractivity contribution in [3.05, 3.63) is 53.9 Å². The summed E-state index contributed by atoms with van der Waals surface area (Å²) >= 11 is 0. The molecule has 3 N–H and O–H groups in total. The van der Waals surface area contributed by atoms with Gasteiger partial charge in [-0.1, -0.05) is 5.16 Å². The van der Waals surface area contributed by atoms with Crippen LogP contribution in [0.1, 0.15) is 36.0 Å². The van der Waals surface area contributed by atoms with E-state index in [9.17, 15) is 14.4 Å². The lowest BCUT2D eigenvalue weighted by atomic mass is 10.2. The maximum atomic E-state index is 12.7. The minimum absolute atomic E-state index is 0.123. The molecule has 0 atom stereocenters. The SMILES string of the molecule is CCN(CCC(=O)Nc1ccc(C(N)=O)cc1)C(=O)CCc1nc(-c2ccc(OC)c(OC)c2)no1. The molecule has 0 saturated heterocycles. The van der Waals surface area contributed by atoms with Gasteiger partial charge in [0.15, 0.2) is 11.5 Å². The number of hydrogen-bond acceptors (Lipinski definition) is 8. The second kappa shape index (κ2) is 12.3. The summed E-state index contributed by atoms with van der Waals surface area (Å²) in [4.78, 5) is 42.1. The van der Waals surface area contributed by atoms with Crippen LogP contribution >= 0.6 is 0 Å². The van der Waals surface area contributed by atoms with Gasteiger partial charge in [0.2, 0.25) is 29.4 Å². The number of rotatable bonds is 12. The number of aryl methyl sites for hydroxylation is 1. The van der Waals surface area contributed by atoms with E-state index in [1.54, 1.807) is 49.5 Å². The molecule has 36 heavy (non-hydrogen) atoms. The van der Waals surface area contributed by atoms with Crippen molar-refractivity contribution >= 4 is 23.4 Å². The third-order valence-electron chi connectivity index (χ3n) is 5.46. The van der Waals surface area contributed by atoms with Gasteiger partial charge in [-0.05, 0) is 49.4 Å². The van der Waals surface area contributed by atoms with Crippen LogP contribution in [0.5, 0.6) is 11.5 Å². The minimum atomic E-state index is -0.539. The van der Waals surface area contributed by atoms with Gasteiger partial charge in [0.25, 0.3) is 0 Å². The van der Waals surface area contributed by atoms with Crippen molar-refractivity contribution in [2.45, 2.75) is 26.2 Å². The number of nitrogens with zero attached hydrogens (tertiary/aromatic N) is 3. The molecule has 0 radical (unpaired) electrons. The zero-order valence-electron chi connectivity index (χ0n) is 20.4. The zero-order valence-corrected chi connectivity index (χ0v) is 20.4. The van der Waals surface area contributed by atoms with Gasteiger partial charge >= 0.3 is 0 Å². The second-order valence-corrected chi connectivity index (χ2v) is 7.79. The number of carbonyl (C=O) groups is 3. The summed E-state index contributed by atoms with van der Waals surface area (Å²) in [6.45, 7) is 2.57. The van der Waals surface area contributed by atoms with E-state index in [2.05, 4.69) is 15.5 Å². The minimum Gasteiger partial charge on any atom is -0.493 e. The van der Waals surface area contributed by atoms with Crippen molar-refractivity contribution < 1.29 is 28.4 Å². The van der Waals surface area contributed by atoms with Crippen LogP contribution in [0.4, 0.5) is 5.69 Å². The van der Waals surface area contributed by atoms with E-state index in [4.69, 9.17) is 19.7 Å². The van der Waals surface area contributed by atoms with Crippen molar-refractivity contribution in [3.63, 3.8) is 0 Å². The fourth-order valence-corrected chi connectivity index (χ4v) is 3.46. The Balaban J connectivity index is 1.50. The standard InChI is InChI=1S/C25H29N5O6/c1-4-30(14-13-21(31)27-18-8-5-16(6-9-18)24(26)33)23(32)12-11-22-28-25(29-36-22)17-7-10-19(34-2)20(15-17)35-3/h5-10,15H,4,11-14H2,1-3H3,(H2,26,33)(H,27,31). The molecular weight excluding hydrogens is 466 g/mol. The average molecular weight is 496 g/mol. The number of ether oxygens (including phenoxy) is 2. The summed E-state index contributed by atoms with van der Waals surface area (Å²) in [5.41, 5.74) is 6.81. The molecule has 3 amide bonds. The quantitative estimate of drug-likeness (QED) is 0.389. The van der Waals surface area contributed by atoms with Crippen LogP contribution in [-0.2, 0) is 16.0 Å².